The Kier molecular flexibility index (Phi) is 4.14. The summed E-state index contributed by atoms with van der Waals surface area (Å²) < 4.78 is 11.2. The minimum Gasteiger partial charge on any atom is -0.493 e. The van der Waals surface area contributed by atoms with Gasteiger partial charge in [-0.1, -0.05) is 6.92 Å². The molecule has 0 aliphatic heterocycles. The van der Waals surface area contributed by atoms with Gasteiger partial charge in [0.25, 0.3) is 0 Å². The molecule has 2 rings (SSSR count). The third-order valence-electron chi connectivity index (χ3n) is 3.75. The number of fused-ring (bicyclic) bond motifs is 1. The lowest BCUT2D eigenvalue weighted by Gasteiger charge is -2.14. The number of hydrogen-bond donors (Lipinski definition) is 1. The molecule has 0 amide bonds. The van der Waals surface area contributed by atoms with Gasteiger partial charge in [0.05, 0.1) is 6.61 Å². The Morgan fingerprint density at radius 1 is 1.20 bits per heavy atom. The van der Waals surface area contributed by atoms with Crippen LogP contribution in [0.15, 0.2) is 21.3 Å². The lowest BCUT2D eigenvalue weighted by molar-refractivity contribution is 0.262. The van der Waals surface area contributed by atoms with E-state index in [1.807, 2.05) is 32.9 Å². The largest absolute Gasteiger partial charge is 0.493 e. The molecule has 1 heterocycles. The highest BCUT2D eigenvalue weighted by atomic mass is 16.5. The van der Waals surface area contributed by atoms with Crippen molar-refractivity contribution in [3.63, 3.8) is 0 Å². The normalized spacial score (nSPS) is 12.7. The first-order chi connectivity index (χ1) is 9.45. The van der Waals surface area contributed by atoms with E-state index >= 15 is 0 Å². The summed E-state index contributed by atoms with van der Waals surface area (Å²) in [6.45, 7) is 8.79. The van der Waals surface area contributed by atoms with E-state index in [4.69, 9.17) is 14.9 Å². The average Bonchev–Trinajstić information content (AvgIpc) is 2.44. The van der Waals surface area contributed by atoms with Crippen molar-refractivity contribution < 1.29 is 9.15 Å². The lowest BCUT2D eigenvalue weighted by Crippen LogP contribution is -2.18. The third kappa shape index (κ3) is 2.56. The van der Waals surface area contributed by atoms with E-state index in [2.05, 4.69) is 0 Å². The van der Waals surface area contributed by atoms with Gasteiger partial charge in [-0.15, -0.1) is 0 Å². The highest BCUT2D eigenvalue weighted by Crippen LogP contribution is 2.29. The molecule has 4 heteroatoms. The van der Waals surface area contributed by atoms with Crippen molar-refractivity contribution in [2.75, 3.05) is 13.2 Å². The standard InChI is InChI=1S/C16H21NO3/c1-9(7-17)8-19-14-6-5-13-10(2)11(3)16(18)20-15(13)12(14)4/h5-6,9H,7-8,17H2,1-4H3/t9-/m0/s1. The van der Waals surface area contributed by atoms with Crippen molar-refractivity contribution in [1.82, 2.24) is 0 Å². The highest BCUT2D eigenvalue weighted by Gasteiger charge is 2.13. The fourth-order valence-electron chi connectivity index (χ4n) is 2.08. The maximum absolute atomic E-state index is 11.8. The molecule has 2 N–H and O–H groups in total. The summed E-state index contributed by atoms with van der Waals surface area (Å²) in [7, 11) is 0. The van der Waals surface area contributed by atoms with E-state index in [1.165, 1.54) is 0 Å². The van der Waals surface area contributed by atoms with Gasteiger partial charge in [0.15, 0.2) is 0 Å². The van der Waals surface area contributed by atoms with Crippen molar-refractivity contribution in [1.29, 1.82) is 0 Å². The summed E-state index contributed by atoms with van der Waals surface area (Å²) in [6, 6.07) is 3.86. The first-order valence-corrected chi connectivity index (χ1v) is 6.82. The maximum Gasteiger partial charge on any atom is 0.339 e. The molecule has 0 aliphatic carbocycles. The molecule has 1 atom stereocenters. The van der Waals surface area contributed by atoms with Gasteiger partial charge in [0, 0.05) is 22.4 Å². The van der Waals surface area contributed by atoms with Crippen molar-refractivity contribution in [2.24, 2.45) is 11.7 Å². The molecule has 0 saturated carbocycles. The minimum atomic E-state index is -0.287. The van der Waals surface area contributed by atoms with Crippen LogP contribution in [-0.4, -0.2) is 13.2 Å². The fourth-order valence-corrected chi connectivity index (χ4v) is 2.08. The summed E-state index contributed by atoms with van der Waals surface area (Å²) in [5.74, 6) is 1.03. The molecular formula is C16H21NO3. The number of ether oxygens (including phenoxy) is 1. The molecule has 2 aromatic rings. The molecule has 1 aromatic carbocycles. The van der Waals surface area contributed by atoms with Gasteiger partial charge in [-0.3, -0.25) is 0 Å². The van der Waals surface area contributed by atoms with Gasteiger partial charge >= 0.3 is 5.63 Å². The van der Waals surface area contributed by atoms with Gasteiger partial charge in [-0.05, 0) is 45.0 Å². The first kappa shape index (κ1) is 14.6. The zero-order chi connectivity index (χ0) is 14.9. The molecule has 108 valence electrons. The molecule has 0 radical (unpaired) electrons. The van der Waals surface area contributed by atoms with Crippen LogP contribution < -0.4 is 16.1 Å². The molecule has 0 spiro atoms. The fraction of sp³-hybridized carbons (Fsp3) is 0.438. The van der Waals surface area contributed by atoms with E-state index in [1.54, 1.807) is 6.92 Å². The maximum atomic E-state index is 11.8. The number of nitrogens with two attached hydrogens (primary N) is 1. The predicted molar refractivity (Wildman–Crippen MR) is 80.4 cm³/mol. The lowest BCUT2D eigenvalue weighted by atomic mass is 10.0. The summed E-state index contributed by atoms with van der Waals surface area (Å²) >= 11 is 0. The Labute approximate surface area is 118 Å². The van der Waals surface area contributed by atoms with Crippen molar-refractivity contribution in [2.45, 2.75) is 27.7 Å². The molecule has 0 fully saturated rings. The van der Waals surface area contributed by atoms with Gasteiger partial charge in [0.2, 0.25) is 0 Å². The van der Waals surface area contributed by atoms with Crippen LogP contribution in [0, 0.1) is 26.7 Å². The van der Waals surface area contributed by atoms with Crippen LogP contribution in [0.3, 0.4) is 0 Å². The van der Waals surface area contributed by atoms with Crippen LogP contribution >= 0.6 is 0 Å². The van der Waals surface area contributed by atoms with E-state index in [9.17, 15) is 4.79 Å². The van der Waals surface area contributed by atoms with E-state index < -0.39 is 0 Å². The smallest absolute Gasteiger partial charge is 0.339 e. The second-order valence-electron chi connectivity index (χ2n) is 5.36. The molecule has 0 bridgehead atoms. The molecule has 4 nitrogen and oxygen atoms in total. The summed E-state index contributed by atoms with van der Waals surface area (Å²) in [4.78, 5) is 11.8. The zero-order valence-electron chi connectivity index (χ0n) is 12.4. The number of aryl methyl sites for hydroxylation is 2. The summed E-state index contributed by atoms with van der Waals surface area (Å²) in [5, 5.41) is 0.957. The van der Waals surface area contributed by atoms with Gasteiger partial charge in [0.1, 0.15) is 11.3 Å². The monoisotopic (exact) mass is 275 g/mol. The highest BCUT2D eigenvalue weighted by molar-refractivity contribution is 5.85. The van der Waals surface area contributed by atoms with Gasteiger partial charge < -0.3 is 14.9 Å². The van der Waals surface area contributed by atoms with E-state index in [0.717, 1.165) is 22.3 Å². The molecular weight excluding hydrogens is 254 g/mol. The summed E-state index contributed by atoms with van der Waals surface area (Å²) in [6.07, 6.45) is 0. The van der Waals surface area contributed by atoms with Crippen LogP contribution in [0.25, 0.3) is 11.0 Å². The molecule has 1 aromatic heterocycles. The number of benzene rings is 1. The number of hydrogen-bond acceptors (Lipinski definition) is 4. The Hall–Kier alpha value is -1.81. The van der Waals surface area contributed by atoms with Crippen molar-refractivity contribution >= 4 is 11.0 Å². The van der Waals surface area contributed by atoms with Crippen LogP contribution in [0.2, 0.25) is 0 Å². The first-order valence-electron chi connectivity index (χ1n) is 6.82. The van der Waals surface area contributed by atoms with Gasteiger partial charge in [-0.2, -0.15) is 0 Å². The van der Waals surface area contributed by atoms with E-state index in [-0.39, 0.29) is 11.5 Å². The molecule has 0 saturated heterocycles. The molecule has 0 unspecified atom stereocenters. The topological polar surface area (TPSA) is 65.5 Å². The van der Waals surface area contributed by atoms with Crippen LogP contribution in [-0.2, 0) is 0 Å². The van der Waals surface area contributed by atoms with Crippen LogP contribution in [0.5, 0.6) is 5.75 Å². The summed E-state index contributed by atoms with van der Waals surface area (Å²) in [5.41, 5.74) is 8.37. The predicted octanol–water partition coefficient (Wildman–Crippen LogP) is 2.69. The second kappa shape index (κ2) is 5.67. The minimum absolute atomic E-state index is 0.287. The van der Waals surface area contributed by atoms with Crippen molar-refractivity contribution in [3.05, 3.63) is 39.2 Å². The second-order valence-corrected chi connectivity index (χ2v) is 5.36. The SMILES string of the molecule is Cc1c(C)c2ccc(OC[C@@H](C)CN)c(C)c2oc1=O. The number of rotatable bonds is 4. The van der Waals surface area contributed by atoms with Crippen molar-refractivity contribution in [3.8, 4) is 5.75 Å². The van der Waals surface area contributed by atoms with Gasteiger partial charge in [-0.25, -0.2) is 4.79 Å². The zero-order valence-corrected chi connectivity index (χ0v) is 12.4. The van der Waals surface area contributed by atoms with Crippen LogP contribution in [0.4, 0.5) is 0 Å². The van der Waals surface area contributed by atoms with Crippen LogP contribution in [0.1, 0.15) is 23.6 Å². The third-order valence-corrected chi connectivity index (χ3v) is 3.75. The Balaban J connectivity index is 2.49. The Morgan fingerprint density at radius 2 is 1.90 bits per heavy atom. The Morgan fingerprint density at radius 3 is 2.55 bits per heavy atom. The quantitative estimate of drug-likeness (QED) is 0.871. The molecule has 0 aliphatic rings. The molecule has 20 heavy (non-hydrogen) atoms. The Bertz CT molecular complexity index is 688. The van der Waals surface area contributed by atoms with E-state index in [0.29, 0.717) is 24.3 Å². The average molecular weight is 275 g/mol.